The molecule has 6 heteroatoms. The number of amides is 1. The minimum atomic E-state index is -0.310. The van der Waals surface area contributed by atoms with Gasteiger partial charge in [0.1, 0.15) is 11.5 Å². The number of hydrogen-bond acceptors (Lipinski definition) is 4. The smallest absolute Gasteiger partial charge is 0.279 e. The largest absolute Gasteiger partial charge is 0.497 e. The normalized spacial score (nSPS) is 11.6. The van der Waals surface area contributed by atoms with Crippen molar-refractivity contribution in [2.45, 2.75) is 47.1 Å². The number of methoxy groups -OCH3 is 2. The Hall–Kier alpha value is -2.86. The predicted molar refractivity (Wildman–Crippen MR) is 126 cm³/mol. The summed E-state index contributed by atoms with van der Waals surface area (Å²) in [5.74, 6) is 0.820. The van der Waals surface area contributed by atoms with E-state index in [2.05, 4.69) is 55.5 Å². The van der Waals surface area contributed by atoms with Crippen molar-refractivity contribution in [1.29, 1.82) is 0 Å². The second kappa shape index (κ2) is 9.96. The molecule has 0 bridgehead atoms. The maximum absolute atomic E-state index is 13.0. The lowest BCUT2D eigenvalue weighted by molar-refractivity contribution is 0.0997. The van der Waals surface area contributed by atoms with Crippen molar-refractivity contribution in [3.05, 3.63) is 62.8 Å². The summed E-state index contributed by atoms with van der Waals surface area (Å²) in [4.78, 5) is 19.5. The molecule has 0 saturated heterocycles. The number of hydrogen-bond donors (Lipinski definition) is 0. The summed E-state index contributed by atoms with van der Waals surface area (Å²) in [7, 11) is 3.13. The van der Waals surface area contributed by atoms with E-state index in [0.29, 0.717) is 21.9 Å². The molecule has 5 nitrogen and oxygen atoms in total. The first-order valence-corrected chi connectivity index (χ1v) is 11.4. The van der Waals surface area contributed by atoms with Crippen LogP contribution in [-0.2, 0) is 13.0 Å². The number of ether oxygens (including phenoxy) is 2. The zero-order valence-electron chi connectivity index (χ0n) is 19.1. The summed E-state index contributed by atoms with van der Waals surface area (Å²) in [5, 5.41) is 0. The Morgan fingerprint density at radius 1 is 1.00 bits per heavy atom. The average Bonchev–Trinajstić information content (AvgIpc) is 3.12. The van der Waals surface area contributed by atoms with Crippen LogP contribution in [-0.4, -0.2) is 24.7 Å². The van der Waals surface area contributed by atoms with Crippen LogP contribution in [0.25, 0.3) is 11.3 Å². The standard InChI is InChI=1S/C25H30N2O3S/c1-7-9-22-23(18-11-10-16(3)17(4)12-18)27(8-2)25(31-22)26-24(28)19-13-20(29-5)15-21(14-19)30-6/h10-15H,7-9H2,1-6H3. The molecule has 2 aromatic carbocycles. The van der Waals surface area contributed by atoms with E-state index in [9.17, 15) is 4.79 Å². The van der Waals surface area contributed by atoms with Crippen molar-refractivity contribution in [2.75, 3.05) is 14.2 Å². The quantitative estimate of drug-likeness (QED) is 0.485. The summed E-state index contributed by atoms with van der Waals surface area (Å²) in [5.41, 5.74) is 5.30. The Morgan fingerprint density at radius 2 is 1.68 bits per heavy atom. The van der Waals surface area contributed by atoms with Crippen molar-refractivity contribution < 1.29 is 14.3 Å². The highest BCUT2D eigenvalue weighted by molar-refractivity contribution is 7.09. The van der Waals surface area contributed by atoms with Crippen LogP contribution in [0.15, 0.2) is 41.4 Å². The topological polar surface area (TPSA) is 52.8 Å². The third-order valence-corrected chi connectivity index (χ3v) is 6.49. The molecule has 31 heavy (non-hydrogen) atoms. The molecule has 3 rings (SSSR count). The number of carbonyl (C=O) groups is 1. The highest BCUT2D eigenvalue weighted by Crippen LogP contribution is 2.29. The lowest BCUT2D eigenvalue weighted by Gasteiger charge is -2.11. The molecule has 0 aliphatic rings. The van der Waals surface area contributed by atoms with E-state index in [1.54, 1.807) is 43.8 Å². The Bertz CT molecular complexity index is 1140. The van der Waals surface area contributed by atoms with Gasteiger partial charge in [0.25, 0.3) is 5.91 Å². The fourth-order valence-electron chi connectivity index (χ4n) is 3.52. The van der Waals surface area contributed by atoms with Crippen LogP contribution < -0.4 is 14.3 Å². The fourth-order valence-corrected chi connectivity index (χ4v) is 4.83. The molecule has 0 unspecified atom stereocenters. The number of rotatable bonds is 7. The van der Waals surface area contributed by atoms with Crippen LogP contribution in [0.3, 0.4) is 0 Å². The molecule has 1 heterocycles. The molecule has 0 aliphatic heterocycles. The summed E-state index contributed by atoms with van der Waals surface area (Å²) >= 11 is 1.60. The number of aromatic nitrogens is 1. The number of benzene rings is 2. The summed E-state index contributed by atoms with van der Waals surface area (Å²) < 4.78 is 12.7. The van der Waals surface area contributed by atoms with E-state index >= 15 is 0 Å². The molecule has 1 amide bonds. The van der Waals surface area contributed by atoms with E-state index < -0.39 is 0 Å². The van der Waals surface area contributed by atoms with Crippen molar-refractivity contribution in [3.8, 4) is 22.8 Å². The minimum absolute atomic E-state index is 0.310. The Labute approximate surface area is 188 Å². The van der Waals surface area contributed by atoms with Crippen LogP contribution in [0.5, 0.6) is 11.5 Å². The lowest BCUT2D eigenvalue weighted by atomic mass is 10.0. The Kier molecular flexibility index (Phi) is 7.33. The first kappa shape index (κ1) is 22.8. The van der Waals surface area contributed by atoms with Crippen LogP contribution in [0.1, 0.15) is 46.6 Å². The van der Waals surface area contributed by atoms with Crippen molar-refractivity contribution in [2.24, 2.45) is 4.99 Å². The van der Waals surface area contributed by atoms with Crippen LogP contribution >= 0.6 is 11.3 Å². The van der Waals surface area contributed by atoms with Crippen LogP contribution in [0, 0.1) is 13.8 Å². The zero-order chi connectivity index (χ0) is 22.5. The van der Waals surface area contributed by atoms with Gasteiger partial charge in [-0.2, -0.15) is 4.99 Å². The first-order chi connectivity index (χ1) is 14.9. The van der Waals surface area contributed by atoms with Gasteiger partial charge in [-0.3, -0.25) is 4.79 Å². The molecular formula is C25H30N2O3S. The van der Waals surface area contributed by atoms with Crippen molar-refractivity contribution >= 4 is 17.2 Å². The Balaban J connectivity index is 2.16. The highest BCUT2D eigenvalue weighted by atomic mass is 32.1. The number of carbonyl (C=O) groups excluding carboxylic acids is 1. The van der Waals surface area contributed by atoms with E-state index in [-0.39, 0.29) is 5.91 Å². The summed E-state index contributed by atoms with van der Waals surface area (Å²) in [6.07, 6.45) is 1.98. The molecule has 0 fully saturated rings. The molecule has 1 aromatic heterocycles. The summed E-state index contributed by atoms with van der Waals surface area (Å²) in [6.45, 7) is 9.24. The second-order valence-corrected chi connectivity index (χ2v) is 8.53. The van der Waals surface area contributed by atoms with Gasteiger partial charge in [-0.1, -0.05) is 25.5 Å². The van der Waals surface area contributed by atoms with E-state index in [4.69, 9.17) is 9.47 Å². The highest BCUT2D eigenvalue weighted by Gasteiger charge is 2.17. The van der Waals surface area contributed by atoms with E-state index in [1.807, 2.05) is 0 Å². The number of nitrogens with zero attached hydrogens (tertiary/aromatic N) is 2. The SMILES string of the molecule is CCCc1sc(=NC(=O)c2cc(OC)cc(OC)c2)n(CC)c1-c1ccc(C)c(C)c1. The van der Waals surface area contributed by atoms with Gasteiger partial charge in [0.15, 0.2) is 4.80 Å². The number of aryl methyl sites for hydroxylation is 3. The van der Waals surface area contributed by atoms with E-state index in [1.165, 1.54) is 21.6 Å². The Morgan fingerprint density at radius 3 is 2.23 bits per heavy atom. The van der Waals surface area contributed by atoms with E-state index in [0.717, 1.165) is 25.1 Å². The molecule has 164 valence electrons. The average molecular weight is 439 g/mol. The predicted octanol–water partition coefficient (Wildman–Crippen LogP) is 5.56. The van der Waals surface area contributed by atoms with Crippen molar-refractivity contribution in [3.63, 3.8) is 0 Å². The molecule has 0 radical (unpaired) electrons. The van der Waals surface area contributed by atoms with Crippen LogP contribution in [0.4, 0.5) is 0 Å². The maximum Gasteiger partial charge on any atom is 0.279 e. The molecule has 0 saturated carbocycles. The first-order valence-electron chi connectivity index (χ1n) is 10.5. The van der Waals surface area contributed by atoms with Crippen LogP contribution in [0.2, 0.25) is 0 Å². The van der Waals surface area contributed by atoms with Gasteiger partial charge >= 0.3 is 0 Å². The lowest BCUT2D eigenvalue weighted by Crippen LogP contribution is -2.17. The maximum atomic E-state index is 13.0. The monoisotopic (exact) mass is 438 g/mol. The van der Waals surface area contributed by atoms with Gasteiger partial charge in [0.2, 0.25) is 0 Å². The number of thiazole rings is 1. The third kappa shape index (κ3) is 4.90. The molecule has 0 N–H and O–H groups in total. The molecule has 0 spiro atoms. The van der Waals surface area contributed by atoms with Gasteiger partial charge in [-0.25, -0.2) is 0 Å². The van der Waals surface area contributed by atoms with Crippen molar-refractivity contribution in [1.82, 2.24) is 4.57 Å². The third-order valence-electron chi connectivity index (χ3n) is 5.35. The molecule has 3 aromatic rings. The second-order valence-electron chi connectivity index (χ2n) is 7.47. The fraction of sp³-hybridized carbons (Fsp3) is 0.360. The van der Waals surface area contributed by atoms with Gasteiger partial charge in [0, 0.05) is 23.1 Å². The summed E-state index contributed by atoms with van der Waals surface area (Å²) in [6, 6.07) is 11.7. The van der Waals surface area contributed by atoms with Gasteiger partial charge in [-0.15, -0.1) is 11.3 Å². The zero-order valence-corrected chi connectivity index (χ0v) is 19.9. The minimum Gasteiger partial charge on any atom is -0.497 e. The van der Waals surface area contributed by atoms with Gasteiger partial charge in [-0.05, 0) is 62.1 Å². The van der Waals surface area contributed by atoms with Gasteiger partial charge < -0.3 is 14.0 Å². The molecule has 0 aliphatic carbocycles. The molecular weight excluding hydrogens is 408 g/mol. The molecule has 0 atom stereocenters. The van der Waals surface area contributed by atoms with Gasteiger partial charge in [0.05, 0.1) is 19.9 Å².